The van der Waals surface area contributed by atoms with Gasteiger partial charge in [-0.25, -0.2) is 0 Å². The Kier molecular flexibility index (Phi) is 3.98. The molecule has 0 radical (unpaired) electrons. The molecule has 1 saturated heterocycles. The zero-order chi connectivity index (χ0) is 13.1. The van der Waals surface area contributed by atoms with Crippen LogP contribution >= 0.6 is 0 Å². The van der Waals surface area contributed by atoms with Gasteiger partial charge in [-0.05, 0) is 13.8 Å². The minimum Gasteiger partial charge on any atom is -0.480 e. The highest BCUT2D eigenvalue weighted by atomic mass is 16.4. The van der Waals surface area contributed by atoms with E-state index in [0.717, 1.165) is 25.2 Å². The summed E-state index contributed by atoms with van der Waals surface area (Å²) < 4.78 is 1.86. The number of carboxylic acid groups (broad SMARTS) is 1. The smallest absolute Gasteiger partial charge is 0.322 e. The minimum atomic E-state index is -0.767. The fourth-order valence-corrected chi connectivity index (χ4v) is 2.37. The third-order valence-corrected chi connectivity index (χ3v) is 3.53. The molecule has 0 amide bonds. The van der Waals surface area contributed by atoms with E-state index in [9.17, 15) is 9.90 Å². The Morgan fingerprint density at radius 2 is 2.50 bits per heavy atom. The molecule has 6 heteroatoms. The third-order valence-electron chi connectivity index (χ3n) is 3.53. The second-order valence-corrected chi connectivity index (χ2v) is 4.60. The Morgan fingerprint density at radius 1 is 1.72 bits per heavy atom. The molecule has 0 saturated carbocycles. The number of nitrogens with zero attached hydrogens (tertiary/aromatic N) is 3. The summed E-state index contributed by atoms with van der Waals surface area (Å²) in [6, 6.07) is -0.382. The first-order chi connectivity index (χ1) is 8.63. The van der Waals surface area contributed by atoms with Crippen molar-refractivity contribution in [1.29, 1.82) is 0 Å². The summed E-state index contributed by atoms with van der Waals surface area (Å²) >= 11 is 0. The molecule has 2 unspecified atom stereocenters. The summed E-state index contributed by atoms with van der Waals surface area (Å²) in [4.78, 5) is 13.3. The monoisotopic (exact) mass is 252 g/mol. The lowest BCUT2D eigenvalue weighted by Gasteiger charge is -2.37. The van der Waals surface area contributed by atoms with Crippen molar-refractivity contribution < 1.29 is 9.90 Å². The van der Waals surface area contributed by atoms with Crippen molar-refractivity contribution >= 4 is 5.97 Å². The third kappa shape index (κ3) is 2.54. The van der Waals surface area contributed by atoms with Crippen molar-refractivity contribution in [1.82, 2.24) is 20.0 Å². The molecule has 2 rings (SSSR count). The quantitative estimate of drug-likeness (QED) is 0.807. The summed E-state index contributed by atoms with van der Waals surface area (Å²) in [6.07, 6.45) is 3.82. The largest absolute Gasteiger partial charge is 0.480 e. The molecule has 0 aromatic carbocycles. The van der Waals surface area contributed by atoms with Gasteiger partial charge in [-0.15, -0.1) is 0 Å². The van der Waals surface area contributed by atoms with Crippen LogP contribution in [0, 0.1) is 0 Å². The van der Waals surface area contributed by atoms with E-state index in [4.69, 9.17) is 0 Å². The van der Waals surface area contributed by atoms with E-state index in [-0.39, 0.29) is 6.04 Å². The van der Waals surface area contributed by atoms with Crippen LogP contribution in [0.5, 0.6) is 0 Å². The highest BCUT2D eigenvalue weighted by molar-refractivity contribution is 5.74. The lowest BCUT2D eigenvalue weighted by atomic mass is 10.1. The summed E-state index contributed by atoms with van der Waals surface area (Å²) in [5.74, 6) is -0.767. The Balaban J connectivity index is 2.14. The summed E-state index contributed by atoms with van der Waals surface area (Å²) in [5.41, 5.74) is 1.07. The number of hydrogen-bond acceptors (Lipinski definition) is 4. The molecule has 2 N–H and O–H groups in total. The van der Waals surface area contributed by atoms with Crippen molar-refractivity contribution in [2.45, 2.75) is 32.5 Å². The van der Waals surface area contributed by atoms with Gasteiger partial charge >= 0.3 is 5.97 Å². The highest BCUT2D eigenvalue weighted by Crippen LogP contribution is 2.23. The number of nitrogens with one attached hydrogen (secondary N) is 1. The average Bonchev–Trinajstić information content (AvgIpc) is 2.86. The normalized spacial score (nSPS) is 22.9. The van der Waals surface area contributed by atoms with E-state index in [0.29, 0.717) is 6.54 Å². The molecule has 100 valence electrons. The number of rotatable bonds is 4. The standard InChI is InChI=1S/C12H20N4O2/c1-3-15-8-10(6-14-15)9(2)16-5-4-13-7-11(16)12(17)18/h6,8-9,11,13H,3-5,7H2,1-2H3,(H,17,18). The summed E-state index contributed by atoms with van der Waals surface area (Å²) in [7, 11) is 0. The number of piperazine rings is 1. The Hall–Kier alpha value is -1.40. The number of aromatic nitrogens is 2. The van der Waals surface area contributed by atoms with E-state index in [1.807, 2.05) is 35.8 Å². The van der Waals surface area contributed by atoms with Gasteiger partial charge in [-0.3, -0.25) is 14.4 Å². The van der Waals surface area contributed by atoms with E-state index >= 15 is 0 Å². The predicted octanol–water partition coefficient (Wildman–Crippen LogP) is 0.322. The van der Waals surface area contributed by atoms with Gasteiger partial charge < -0.3 is 10.4 Å². The van der Waals surface area contributed by atoms with Crippen LogP contribution in [0.2, 0.25) is 0 Å². The van der Waals surface area contributed by atoms with Crippen LogP contribution in [-0.2, 0) is 11.3 Å². The number of aliphatic carboxylic acids is 1. The second-order valence-electron chi connectivity index (χ2n) is 4.60. The van der Waals surface area contributed by atoms with Gasteiger partial charge in [0, 0.05) is 44.0 Å². The van der Waals surface area contributed by atoms with Gasteiger partial charge in [0.05, 0.1) is 6.20 Å². The molecular formula is C12H20N4O2. The Bertz CT molecular complexity index is 418. The topological polar surface area (TPSA) is 70.4 Å². The lowest BCUT2D eigenvalue weighted by molar-refractivity contribution is -0.145. The van der Waals surface area contributed by atoms with Crippen LogP contribution < -0.4 is 5.32 Å². The Morgan fingerprint density at radius 3 is 3.11 bits per heavy atom. The number of carboxylic acids is 1. The van der Waals surface area contributed by atoms with Gasteiger partial charge in [0.15, 0.2) is 0 Å². The van der Waals surface area contributed by atoms with Crippen molar-refractivity contribution in [2.24, 2.45) is 0 Å². The minimum absolute atomic E-state index is 0.0773. The van der Waals surface area contributed by atoms with E-state index < -0.39 is 12.0 Å². The van der Waals surface area contributed by atoms with Gasteiger partial charge in [-0.2, -0.15) is 5.10 Å². The van der Waals surface area contributed by atoms with Gasteiger partial charge in [0.2, 0.25) is 0 Å². The van der Waals surface area contributed by atoms with Crippen LogP contribution in [0.25, 0.3) is 0 Å². The molecule has 1 fully saturated rings. The fraction of sp³-hybridized carbons (Fsp3) is 0.667. The molecule has 2 atom stereocenters. The van der Waals surface area contributed by atoms with Crippen molar-refractivity contribution in [3.05, 3.63) is 18.0 Å². The maximum atomic E-state index is 11.3. The summed E-state index contributed by atoms with van der Waals surface area (Å²) in [5, 5.41) is 16.6. The van der Waals surface area contributed by atoms with Crippen LogP contribution in [0.3, 0.4) is 0 Å². The Labute approximate surface area is 107 Å². The molecule has 0 spiro atoms. The predicted molar refractivity (Wildman–Crippen MR) is 67.3 cm³/mol. The molecule has 18 heavy (non-hydrogen) atoms. The molecular weight excluding hydrogens is 232 g/mol. The fourth-order valence-electron chi connectivity index (χ4n) is 2.37. The first kappa shape index (κ1) is 13.0. The van der Waals surface area contributed by atoms with Crippen molar-refractivity contribution in [2.75, 3.05) is 19.6 Å². The van der Waals surface area contributed by atoms with Gasteiger partial charge in [-0.1, -0.05) is 0 Å². The molecule has 0 bridgehead atoms. The van der Waals surface area contributed by atoms with E-state index in [2.05, 4.69) is 10.4 Å². The highest BCUT2D eigenvalue weighted by Gasteiger charge is 2.32. The first-order valence-corrected chi connectivity index (χ1v) is 6.35. The number of hydrogen-bond donors (Lipinski definition) is 2. The van der Waals surface area contributed by atoms with Gasteiger partial charge in [0.1, 0.15) is 6.04 Å². The molecule has 1 aromatic rings. The molecule has 1 aliphatic heterocycles. The lowest BCUT2D eigenvalue weighted by Crippen LogP contribution is -2.55. The SMILES string of the molecule is CCn1cc(C(C)N2CCNCC2C(=O)O)cn1. The zero-order valence-corrected chi connectivity index (χ0v) is 10.8. The first-order valence-electron chi connectivity index (χ1n) is 6.35. The van der Waals surface area contributed by atoms with Crippen LogP contribution in [0.15, 0.2) is 12.4 Å². The van der Waals surface area contributed by atoms with Crippen LogP contribution in [0.1, 0.15) is 25.5 Å². The molecule has 6 nitrogen and oxygen atoms in total. The zero-order valence-electron chi connectivity index (χ0n) is 10.8. The second kappa shape index (κ2) is 5.49. The summed E-state index contributed by atoms with van der Waals surface area (Å²) in [6.45, 7) is 6.98. The van der Waals surface area contributed by atoms with Crippen LogP contribution in [0.4, 0.5) is 0 Å². The maximum Gasteiger partial charge on any atom is 0.322 e. The van der Waals surface area contributed by atoms with E-state index in [1.54, 1.807) is 0 Å². The van der Waals surface area contributed by atoms with E-state index in [1.165, 1.54) is 0 Å². The maximum absolute atomic E-state index is 11.3. The van der Waals surface area contributed by atoms with Crippen molar-refractivity contribution in [3.8, 4) is 0 Å². The average molecular weight is 252 g/mol. The van der Waals surface area contributed by atoms with Crippen LogP contribution in [-0.4, -0.2) is 51.4 Å². The molecule has 2 heterocycles. The number of aryl methyl sites for hydroxylation is 1. The molecule has 1 aliphatic rings. The molecule has 0 aliphatic carbocycles. The van der Waals surface area contributed by atoms with Gasteiger partial charge in [0.25, 0.3) is 0 Å². The number of carbonyl (C=O) groups is 1. The van der Waals surface area contributed by atoms with Crippen molar-refractivity contribution in [3.63, 3.8) is 0 Å². The molecule has 1 aromatic heterocycles.